The van der Waals surface area contributed by atoms with Crippen molar-refractivity contribution in [2.45, 2.75) is 57.8 Å². The van der Waals surface area contributed by atoms with E-state index in [1.165, 1.54) is 32.1 Å². The summed E-state index contributed by atoms with van der Waals surface area (Å²) < 4.78 is 11.9. The van der Waals surface area contributed by atoms with Crippen molar-refractivity contribution in [1.29, 1.82) is 0 Å². The van der Waals surface area contributed by atoms with Gasteiger partial charge in [0.25, 0.3) is 0 Å². The van der Waals surface area contributed by atoms with Gasteiger partial charge in [-0.3, -0.25) is 4.79 Å². The molecule has 0 spiro atoms. The van der Waals surface area contributed by atoms with Crippen molar-refractivity contribution in [3.63, 3.8) is 0 Å². The second-order valence-electron chi connectivity index (χ2n) is 10.1. The van der Waals surface area contributed by atoms with Crippen molar-refractivity contribution in [2.24, 2.45) is 0 Å². The van der Waals surface area contributed by atoms with E-state index in [1.807, 2.05) is 60.7 Å². The molecule has 0 N–H and O–H groups in total. The largest absolute Gasteiger partial charge is 0.494 e. The van der Waals surface area contributed by atoms with Crippen LogP contribution in [0.2, 0.25) is 0 Å². The van der Waals surface area contributed by atoms with E-state index >= 15 is 0 Å². The summed E-state index contributed by atoms with van der Waals surface area (Å²) in [5.74, 6) is 1.04. The highest BCUT2D eigenvalue weighted by Gasteiger charge is 2.33. The molecule has 0 bridgehead atoms. The number of fused-ring (bicyclic) bond motifs is 7. The van der Waals surface area contributed by atoms with Crippen LogP contribution in [0.15, 0.2) is 72.8 Å². The average Bonchev–Trinajstić information content (AvgIpc) is 2.96. The van der Waals surface area contributed by atoms with Gasteiger partial charge in [-0.1, -0.05) is 87.6 Å². The van der Waals surface area contributed by atoms with Gasteiger partial charge in [-0.25, -0.2) is 9.97 Å². The quantitative estimate of drug-likeness (QED) is 0.0667. The maximum Gasteiger partial charge on any atom is 0.312 e. The van der Waals surface area contributed by atoms with Gasteiger partial charge in [-0.2, -0.15) is 0 Å². The van der Waals surface area contributed by atoms with Crippen molar-refractivity contribution in [3.05, 3.63) is 83.9 Å². The molecule has 6 rings (SSSR count). The summed E-state index contributed by atoms with van der Waals surface area (Å²) in [7, 11) is 0. The first-order chi connectivity index (χ1) is 18.7. The van der Waals surface area contributed by atoms with E-state index in [0.29, 0.717) is 5.75 Å². The van der Waals surface area contributed by atoms with Crippen LogP contribution in [0.1, 0.15) is 68.9 Å². The minimum Gasteiger partial charge on any atom is -0.494 e. The third-order valence-electron chi connectivity index (χ3n) is 7.48. The van der Waals surface area contributed by atoms with E-state index < -0.39 is 0 Å². The molecule has 2 heterocycles. The number of aromatic nitrogens is 2. The lowest BCUT2D eigenvalue weighted by Gasteiger charge is -2.27. The van der Waals surface area contributed by atoms with Crippen LogP contribution in [0.25, 0.3) is 32.8 Å². The highest BCUT2D eigenvalue weighted by Crippen LogP contribution is 2.47. The number of carbonyl (C=O) groups is 1. The minimum atomic E-state index is -0.232. The average molecular weight is 505 g/mol. The molecule has 1 aliphatic heterocycles. The molecule has 5 aromatic rings. The molecule has 1 aliphatic rings. The molecule has 5 nitrogen and oxygen atoms in total. The molecule has 0 saturated heterocycles. The monoisotopic (exact) mass is 504 g/mol. The van der Waals surface area contributed by atoms with Gasteiger partial charge in [0.2, 0.25) is 0 Å². The normalized spacial score (nSPS) is 15.1. The molecular formula is C33H32N2O3. The van der Waals surface area contributed by atoms with Crippen molar-refractivity contribution in [1.82, 2.24) is 9.97 Å². The Hall–Kier alpha value is -3.99. The summed E-state index contributed by atoms with van der Waals surface area (Å²) >= 11 is 0. The number of unbranched alkanes of at least 4 members (excludes halogenated alkanes) is 5. The topological polar surface area (TPSA) is 61.3 Å². The van der Waals surface area contributed by atoms with E-state index in [0.717, 1.165) is 62.7 Å². The summed E-state index contributed by atoms with van der Waals surface area (Å²) in [6, 6.07) is 24.0. The van der Waals surface area contributed by atoms with Crippen molar-refractivity contribution < 1.29 is 14.3 Å². The molecular weight excluding hydrogens is 472 g/mol. The number of benzene rings is 4. The molecule has 0 radical (unpaired) electrons. The molecule has 0 unspecified atom stereocenters. The van der Waals surface area contributed by atoms with Crippen molar-refractivity contribution >= 4 is 38.8 Å². The maximum atomic E-state index is 12.9. The number of nitrogens with zero attached hydrogens (tertiary/aromatic N) is 2. The lowest BCUT2D eigenvalue weighted by atomic mass is 9.83. The summed E-state index contributed by atoms with van der Waals surface area (Å²) in [5.41, 5.74) is 5.27. The highest BCUT2D eigenvalue weighted by atomic mass is 16.5. The van der Waals surface area contributed by atoms with Gasteiger partial charge >= 0.3 is 5.97 Å². The fourth-order valence-corrected chi connectivity index (χ4v) is 5.53. The van der Waals surface area contributed by atoms with Crippen molar-refractivity contribution in [3.8, 4) is 11.5 Å². The third-order valence-corrected chi connectivity index (χ3v) is 7.48. The van der Waals surface area contributed by atoms with E-state index in [2.05, 4.69) is 19.1 Å². The Labute approximate surface area is 222 Å². The molecule has 0 amide bonds. The van der Waals surface area contributed by atoms with Crippen LogP contribution >= 0.6 is 0 Å². The number of rotatable bonds is 9. The number of ether oxygens (including phenoxy) is 2. The number of esters is 1. The Morgan fingerprint density at radius 2 is 1.45 bits per heavy atom. The fourth-order valence-electron chi connectivity index (χ4n) is 5.53. The smallest absolute Gasteiger partial charge is 0.312 e. The Balaban J connectivity index is 1.36. The van der Waals surface area contributed by atoms with E-state index in [-0.39, 0.29) is 18.3 Å². The zero-order valence-electron chi connectivity index (χ0n) is 21.8. The maximum absolute atomic E-state index is 12.9. The lowest BCUT2D eigenvalue weighted by Crippen LogP contribution is -2.22. The first-order valence-corrected chi connectivity index (χ1v) is 13.8. The molecule has 1 atom stereocenters. The predicted octanol–water partition coefficient (Wildman–Crippen LogP) is 8.12. The van der Waals surface area contributed by atoms with Crippen LogP contribution in [0, 0.1) is 0 Å². The molecule has 0 saturated carbocycles. The van der Waals surface area contributed by atoms with Crippen LogP contribution in [-0.2, 0) is 4.79 Å². The number of carbonyl (C=O) groups excluding carboxylic acids is 1. The lowest BCUT2D eigenvalue weighted by molar-refractivity contribution is -0.135. The molecule has 192 valence electrons. The minimum absolute atomic E-state index is 0.179. The van der Waals surface area contributed by atoms with Gasteiger partial charge in [-0.15, -0.1) is 0 Å². The van der Waals surface area contributed by atoms with Crippen LogP contribution in [0.4, 0.5) is 0 Å². The van der Waals surface area contributed by atoms with E-state index in [1.54, 1.807) is 0 Å². The number of para-hydroxylation sites is 2. The molecule has 1 aromatic heterocycles. The zero-order valence-corrected chi connectivity index (χ0v) is 21.8. The van der Waals surface area contributed by atoms with Crippen LogP contribution in [0.5, 0.6) is 11.5 Å². The zero-order chi connectivity index (χ0) is 25.9. The Bertz CT molecular complexity index is 1610. The Kier molecular flexibility index (Phi) is 6.91. The van der Waals surface area contributed by atoms with E-state index in [4.69, 9.17) is 19.4 Å². The molecule has 0 aliphatic carbocycles. The van der Waals surface area contributed by atoms with Gasteiger partial charge in [0, 0.05) is 22.3 Å². The van der Waals surface area contributed by atoms with Crippen molar-refractivity contribution in [2.75, 3.05) is 6.61 Å². The van der Waals surface area contributed by atoms with Gasteiger partial charge in [-0.05, 0) is 36.2 Å². The third kappa shape index (κ3) is 4.69. The summed E-state index contributed by atoms with van der Waals surface area (Å²) in [6.07, 6.45) is 7.69. The van der Waals surface area contributed by atoms with Crippen LogP contribution in [-0.4, -0.2) is 22.5 Å². The standard InChI is InChI=1S/C33H32N2O3/c1-2-3-4-5-6-11-20-37-23-18-16-22(17-19-23)26-21-29(36)38-33-25-13-8-7-12-24(25)31-32(30(26)33)35-28-15-10-9-14-27(28)34-31/h7-10,12-19,26H,2-6,11,20-21H2,1H3/t26-/m0/s1. The predicted molar refractivity (Wildman–Crippen MR) is 152 cm³/mol. The van der Waals surface area contributed by atoms with E-state index in [9.17, 15) is 4.79 Å². The van der Waals surface area contributed by atoms with Gasteiger partial charge < -0.3 is 9.47 Å². The van der Waals surface area contributed by atoms with Gasteiger partial charge in [0.15, 0.2) is 0 Å². The highest BCUT2D eigenvalue weighted by molar-refractivity contribution is 6.12. The summed E-state index contributed by atoms with van der Waals surface area (Å²) in [6.45, 7) is 2.96. The molecule has 5 heteroatoms. The molecule has 38 heavy (non-hydrogen) atoms. The number of hydrogen-bond acceptors (Lipinski definition) is 5. The van der Waals surface area contributed by atoms with Crippen LogP contribution in [0.3, 0.4) is 0 Å². The SMILES string of the molecule is CCCCCCCCOc1ccc([C@@H]2CC(=O)Oc3c2c2nc4ccccc4nc2c2ccccc32)cc1. The first kappa shape index (κ1) is 24.4. The number of hydrogen-bond donors (Lipinski definition) is 0. The summed E-state index contributed by atoms with van der Waals surface area (Å²) in [4.78, 5) is 22.9. The second-order valence-corrected chi connectivity index (χ2v) is 10.1. The molecule has 0 fully saturated rings. The second kappa shape index (κ2) is 10.8. The van der Waals surface area contributed by atoms with Crippen LogP contribution < -0.4 is 9.47 Å². The Morgan fingerprint density at radius 1 is 0.789 bits per heavy atom. The molecule has 4 aromatic carbocycles. The van der Waals surface area contributed by atoms with Gasteiger partial charge in [0.05, 0.1) is 35.1 Å². The Morgan fingerprint density at radius 3 is 2.21 bits per heavy atom. The fraction of sp³-hybridized carbons (Fsp3) is 0.303. The first-order valence-electron chi connectivity index (χ1n) is 13.8. The summed E-state index contributed by atoms with van der Waals surface area (Å²) in [5, 5.41) is 1.82. The van der Waals surface area contributed by atoms with Gasteiger partial charge in [0.1, 0.15) is 11.5 Å².